The monoisotopic (exact) mass is 164 g/mol. The molecule has 1 saturated heterocycles. The first-order valence-electron chi connectivity index (χ1n) is 4.20. The smallest absolute Gasteiger partial charge is 0.115 e. The van der Waals surface area contributed by atoms with Gasteiger partial charge in [0.1, 0.15) is 5.75 Å². The summed E-state index contributed by atoms with van der Waals surface area (Å²) in [6.45, 7) is 1.78. The first-order chi connectivity index (χ1) is 5.84. The third-order valence-electron chi connectivity index (χ3n) is 2.17. The molecule has 1 N–H and O–H groups in total. The zero-order chi connectivity index (χ0) is 8.39. The second-order valence-corrected chi connectivity index (χ2v) is 3.27. The van der Waals surface area contributed by atoms with Crippen LogP contribution in [0.2, 0.25) is 0 Å². The predicted molar refractivity (Wildman–Crippen MR) is 46.1 cm³/mol. The lowest BCUT2D eigenvalue weighted by Gasteiger charge is -2.25. The van der Waals surface area contributed by atoms with E-state index in [2.05, 4.69) is 0 Å². The van der Waals surface area contributed by atoms with Crippen LogP contribution < -0.4 is 0 Å². The van der Waals surface area contributed by atoms with E-state index in [1.807, 2.05) is 12.1 Å². The molecule has 0 atom stereocenters. The van der Waals surface area contributed by atoms with Gasteiger partial charge in [-0.1, -0.05) is 12.1 Å². The summed E-state index contributed by atoms with van der Waals surface area (Å²) in [6.07, 6.45) is 1.07. The molecule has 1 fully saturated rings. The summed E-state index contributed by atoms with van der Waals surface area (Å²) >= 11 is 0. The number of aromatic hydroxyl groups is 1. The fourth-order valence-electron chi connectivity index (χ4n) is 1.37. The molecular formula is C10H12O2. The Labute approximate surface area is 71.8 Å². The zero-order valence-corrected chi connectivity index (χ0v) is 6.86. The minimum atomic E-state index is 0.337. The topological polar surface area (TPSA) is 29.5 Å². The molecule has 1 aromatic carbocycles. The number of benzene rings is 1. The lowest BCUT2D eigenvalue weighted by atomic mass is 9.98. The Morgan fingerprint density at radius 2 is 1.92 bits per heavy atom. The van der Waals surface area contributed by atoms with Gasteiger partial charge in [0, 0.05) is 5.92 Å². The molecule has 0 spiro atoms. The van der Waals surface area contributed by atoms with Crippen molar-refractivity contribution >= 4 is 0 Å². The molecule has 0 radical (unpaired) electrons. The van der Waals surface area contributed by atoms with E-state index in [9.17, 15) is 0 Å². The van der Waals surface area contributed by atoms with E-state index in [0.717, 1.165) is 19.6 Å². The van der Waals surface area contributed by atoms with Crippen molar-refractivity contribution in [2.75, 3.05) is 13.2 Å². The lowest BCUT2D eigenvalue weighted by molar-refractivity contribution is -0.0312. The highest BCUT2D eigenvalue weighted by Gasteiger charge is 2.18. The van der Waals surface area contributed by atoms with Crippen molar-refractivity contribution in [3.63, 3.8) is 0 Å². The molecule has 2 nitrogen and oxygen atoms in total. The summed E-state index contributed by atoms with van der Waals surface area (Å²) < 4.78 is 5.08. The van der Waals surface area contributed by atoms with Crippen LogP contribution >= 0.6 is 0 Å². The SMILES string of the molecule is Oc1ccc(CC2COC2)cc1. The normalized spacial score (nSPS) is 17.3. The van der Waals surface area contributed by atoms with E-state index in [0.29, 0.717) is 11.7 Å². The lowest BCUT2D eigenvalue weighted by Crippen LogP contribution is -2.29. The van der Waals surface area contributed by atoms with E-state index in [4.69, 9.17) is 9.84 Å². The maximum absolute atomic E-state index is 9.04. The van der Waals surface area contributed by atoms with Gasteiger partial charge in [-0.05, 0) is 24.1 Å². The fourth-order valence-corrected chi connectivity index (χ4v) is 1.37. The molecule has 0 amide bonds. The van der Waals surface area contributed by atoms with Gasteiger partial charge in [-0.15, -0.1) is 0 Å². The molecule has 12 heavy (non-hydrogen) atoms. The highest BCUT2D eigenvalue weighted by Crippen LogP contribution is 2.18. The van der Waals surface area contributed by atoms with Crippen LogP contribution in [0.1, 0.15) is 5.56 Å². The van der Waals surface area contributed by atoms with E-state index >= 15 is 0 Å². The molecule has 2 rings (SSSR count). The molecule has 1 aliphatic heterocycles. The third kappa shape index (κ3) is 1.59. The van der Waals surface area contributed by atoms with Crippen LogP contribution in [0.4, 0.5) is 0 Å². The summed E-state index contributed by atoms with van der Waals surface area (Å²) in [5.74, 6) is 1.03. The van der Waals surface area contributed by atoms with Crippen molar-refractivity contribution in [1.82, 2.24) is 0 Å². The van der Waals surface area contributed by atoms with Crippen LogP contribution in [-0.4, -0.2) is 18.3 Å². The van der Waals surface area contributed by atoms with Crippen LogP contribution in [0.25, 0.3) is 0 Å². The van der Waals surface area contributed by atoms with Gasteiger partial charge in [-0.25, -0.2) is 0 Å². The van der Waals surface area contributed by atoms with Gasteiger partial charge in [0.25, 0.3) is 0 Å². The van der Waals surface area contributed by atoms with Crippen molar-refractivity contribution < 1.29 is 9.84 Å². The van der Waals surface area contributed by atoms with Gasteiger partial charge >= 0.3 is 0 Å². The number of hydrogen-bond acceptors (Lipinski definition) is 2. The molecule has 0 saturated carbocycles. The largest absolute Gasteiger partial charge is 0.508 e. The minimum absolute atomic E-state index is 0.337. The quantitative estimate of drug-likeness (QED) is 0.719. The van der Waals surface area contributed by atoms with Crippen molar-refractivity contribution in [3.8, 4) is 5.75 Å². The second kappa shape index (κ2) is 3.15. The van der Waals surface area contributed by atoms with Gasteiger partial charge in [0.15, 0.2) is 0 Å². The average Bonchev–Trinajstić information content (AvgIpc) is 2.00. The Morgan fingerprint density at radius 1 is 1.25 bits per heavy atom. The highest BCUT2D eigenvalue weighted by molar-refractivity contribution is 5.26. The van der Waals surface area contributed by atoms with Gasteiger partial charge in [-0.2, -0.15) is 0 Å². The first-order valence-corrected chi connectivity index (χ1v) is 4.20. The summed E-state index contributed by atoms with van der Waals surface area (Å²) in [6, 6.07) is 7.39. The van der Waals surface area contributed by atoms with Crippen LogP contribution in [0, 0.1) is 5.92 Å². The van der Waals surface area contributed by atoms with E-state index in [1.54, 1.807) is 12.1 Å². The van der Waals surface area contributed by atoms with Gasteiger partial charge in [-0.3, -0.25) is 0 Å². The molecule has 64 valence electrons. The molecule has 1 aliphatic rings. The Balaban J connectivity index is 1.98. The Bertz CT molecular complexity index is 249. The summed E-state index contributed by atoms with van der Waals surface area (Å²) in [4.78, 5) is 0. The van der Waals surface area contributed by atoms with Crippen LogP contribution in [-0.2, 0) is 11.2 Å². The Hall–Kier alpha value is -1.02. The van der Waals surface area contributed by atoms with E-state index in [1.165, 1.54) is 5.56 Å². The molecule has 2 heteroatoms. The fraction of sp³-hybridized carbons (Fsp3) is 0.400. The maximum Gasteiger partial charge on any atom is 0.115 e. The molecular weight excluding hydrogens is 152 g/mol. The van der Waals surface area contributed by atoms with Gasteiger partial charge in [0.2, 0.25) is 0 Å². The molecule has 0 aliphatic carbocycles. The van der Waals surface area contributed by atoms with Crippen molar-refractivity contribution in [2.45, 2.75) is 6.42 Å². The van der Waals surface area contributed by atoms with Crippen LogP contribution in [0.15, 0.2) is 24.3 Å². The number of phenols is 1. The molecule has 1 aromatic rings. The highest BCUT2D eigenvalue weighted by atomic mass is 16.5. The summed E-state index contributed by atoms with van der Waals surface area (Å²) in [5, 5.41) is 9.04. The summed E-state index contributed by atoms with van der Waals surface area (Å²) in [5.41, 5.74) is 1.28. The Kier molecular flexibility index (Phi) is 2.00. The van der Waals surface area contributed by atoms with Crippen LogP contribution in [0.3, 0.4) is 0 Å². The van der Waals surface area contributed by atoms with Crippen molar-refractivity contribution in [3.05, 3.63) is 29.8 Å². The maximum atomic E-state index is 9.04. The number of rotatable bonds is 2. The Morgan fingerprint density at radius 3 is 2.42 bits per heavy atom. The predicted octanol–water partition coefficient (Wildman–Crippen LogP) is 1.58. The van der Waals surface area contributed by atoms with Gasteiger partial charge < -0.3 is 9.84 Å². The van der Waals surface area contributed by atoms with E-state index < -0.39 is 0 Å². The van der Waals surface area contributed by atoms with Crippen molar-refractivity contribution in [1.29, 1.82) is 0 Å². The molecule has 1 heterocycles. The zero-order valence-electron chi connectivity index (χ0n) is 6.86. The number of hydrogen-bond donors (Lipinski definition) is 1. The molecule has 0 aromatic heterocycles. The standard InChI is InChI=1S/C10H12O2/c11-10-3-1-8(2-4-10)5-9-6-12-7-9/h1-4,9,11H,5-7H2. The summed E-state index contributed by atoms with van der Waals surface area (Å²) in [7, 11) is 0. The van der Waals surface area contributed by atoms with Crippen LogP contribution in [0.5, 0.6) is 5.75 Å². The number of ether oxygens (including phenoxy) is 1. The average molecular weight is 164 g/mol. The minimum Gasteiger partial charge on any atom is -0.508 e. The second-order valence-electron chi connectivity index (χ2n) is 3.27. The van der Waals surface area contributed by atoms with E-state index in [-0.39, 0.29) is 0 Å². The van der Waals surface area contributed by atoms with Crippen molar-refractivity contribution in [2.24, 2.45) is 5.92 Å². The third-order valence-corrected chi connectivity index (χ3v) is 2.17. The number of phenolic OH excluding ortho intramolecular Hbond substituents is 1. The molecule has 0 unspecified atom stereocenters. The molecule has 0 bridgehead atoms. The first kappa shape index (κ1) is 7.62. The van der Waals surface area contributed by atoms with Gasteiger partial charge in [0.05, 0.1) is 13.2 Å².